The molecule has 0 unspecified atom stereocenters. The van der Waals surface area contributed by atoms with Gasteiger partial charge >= 0.3 is 0 Å². The Kier molecular flexibility index (Phi) is 9.59. The maximum Gasteiger partial charge on any atom is 0.191 e. The zero-order valence-corrected chi connectivity index (χ0v) is 15.9. The molecule has 1 aliphatic heterocycles. The van der Waals surface area contributed by atoms with Gasteiger partial charge in [0.2, 0.25) is 0 Å². The predicted octanol–water partition coefficient (Wildman–Crippen LogP) is 1.35. The Bertz CT molecular complexity index is 298. The zero-order valence-electron chi connectivity index (χ0n) is 13.6. The number of piperazine rings is 1. The lowest BCUT2D eigenvalue weighted by molar-refractivity contribution is 0.152. The molecule has 0 atom stereocenters. The fourth-order valence-corrected chi connectivity index (χ4v) is 2.45. The largest absolute Gasteiger partial charge is 0.357 e. The van der Waals surface area contributed by atoms with Gasteiger partial charge in [-0.15, -0.1) is 24.0 Å². The van der Waals surface area contributed by atoms with E-state index in [1.54, 1.807) is 0 Å². The van der Waals surface area contributed by atoms with Gasteiger partial charge in [0.05, 0.1) is 0 Å². The Morgan fingerprint density at radius 3 is 2.48 bits per heavy atom. The fourth-order valence-electron chi connectivity index (χ4n) is 2.45. The summed E-state index contributed by atoms with van der Waals surface area (Å²) in [6.45, 7) is 10.1. The molecule has 0 bridgehead atoms. The highest BCUT2D eigenvalue weighted by Crippen LogP contribution is 2.18. The van der Waals surface area contributed by atoms with Crippen molar-refractivity contribution in [2.75, 3.05) is 52.9 Å². The molecule has 2 N–H and O–H groups in total. The van der Waals surface area contributed by atoms with Gasteiger partial charge in [-0.1, -0.05) is 0 Å². The first-order valence-corrected chi connectivity index (χ1v) is 8.23. The highest BCUT2D eigenvalue weighted by Gasteiger charge is 2.21. The Morgan fingerprint density at radius 2 is 1.86 bits per heavy atom. The smallest absolute Gasteiger partial charge is 0.191 e. The van der Waals surface area contributed by atoms with Gasteiger partial charge < -0.3 is 20.4 Å². The topological polar surface area (TPSA) is 42.9 Å². The van der Waals surface area contributed by atoms with Crippen LogP contribution >= 0.6 is 24.0 Å². The van der Waals surface area contributed by atoms with E-state index in [-0.39, 0.29) is 24.0 Å². The van der Waals surface area contributed by atoms with Gasteiger partial charge in [-0.25, -0.2) is 0 Å². The van der Waals surface area contributed by atoms with Crippen molar-refractivity contribution in [1.82, 2.24) is 20.4 Å². The van der Waals surface area contributed by atoms with Crippen LogP contribution in [-0.2, 0) is 0 Å². The van der Waals surface area contributed by atoms with E-state index in [4.69, 9.17) is 0 Å². The number of hydrogen-bond acceptors (Lipinski definition) is 3. The molecule has 2 fully saturated rings. The lowest BCUT2D eigenvalue weighted by atomic mass is 10.2. The molecule has 124 valence electrons. The van der Waals surface area contributed by atoms with E-state index in [0.717, 1.165) is 19.0 Å². The Morgan fingerprint density at radius 1 is 1.14 bits per heavy atom. The van der Waals surface area contributed by atoms with Gasteiger partial charge in [0.1, 0.15) is 0 Å². The van der Waals surface area contributed by atoms with E-state index in [0.29, 0.717) is 6.04 Å². The lowest BCUT2D eigenvalue weighted by Crippen LogP contribution is -2.44. The maximum absolute atomic E-state index is 4.66. The molecule has 2 aliphatic rings. The summed E-state index contributed by atoms with van der Waals surface area (Å²) in [6, 6.07) is 0.679. The van der Waals surface area contributed by atoms with Crippen molar-refractivity contribution in [3.05, 3.63) is 0 Å². The van der Waals surface area contributed by atoms with Crippen LogP contribution in [0.2, 0.25) is 0 Å². The van der Waals surface area contributed by atoms with Crippen LogP contribution in [0.15, 0.2) is 4.99 Å². The molecule has 6 heteroatoms. The van der Waals surface area contributed by atoms with Gasteiger partial charge in [-0.2, -0.15) is 0 Å². The summed E-state index contributed by atoms with van der Waals surface area (Å²) in [5.41, 5.74) is 0. The minimum Gasteiger partial charge on any atom is -0.357 e. The molecule has 1 saturated carbocycles. The Hall–Kier alpha value is -0.0800. The van der Waals surface area contributed by atoms with Crippen molar-refractivity contribution in [2.24, 2.45) is 4.99 Å². The monoisotopic (exact) mass is 409 g/mol. The third kappa shape index (κ3) is 8.21. The van der Waals surface area contributed by atoms with E-state index in [9.17, 15) is 0 Å². The summed E-state index contributed by atoms with van der Waals surface area (Å²) in [5.74, 6) is 1.01. The van der Waals surface area contributed by atoms with Crippen LogP contribution in [0.25, 0.3) is 0 Å². The second-order valence-electron chi connectivity index (χ2n) is 6.03. The van der Waals surface area contributed by atoms with Crippen LogP contribution in [0.4, 0.5) is 0 Å². The SMILES string of the molecule is CCNC(=NCCCCN1CCN(C)CC1)NC1CC1.I. The molecule has 1 heterocycles. The van der Waals surface area contributed by atoms with Gasteiger partial charge in [-0.05, 0) is 46.2 Å². The quantitative estimate of drug-likeness (QED) is 0.288. The van der Waals surface area contributed by atoms with Crippen molar-refractivity contribution in [2.45, 2.75) is 38.6 Å². The third-order valence-electron chi connectivity index (χ3n) is 4.01. The molecule has 1 saturated heterocycles. The Balaban J connectivity index is 0.00000220. The summed E-state index contributed by atoms with van der Waals surface area (Å²) in [6.07, 6.45) is 5.05. The van der Waals surface area contributed by atoms with Crippen molar-refractivity contribution < 1.29 is 0 Å². The number of halogens is 1. The number of hydrogen-bond donors (Lipinski definition) is 2. The first-order chi connectivity index (χ1) is 9.78. The average Bonchev–Trinajstić information content (AvgIpc) is 3.24. The molecule has 0 aromatic rings. The third-order valence-corrected chi connectivity index (χ3v) is 4.01. The summed E-state index contributed by atoms with van der Waals surface area (Å²) in [5, 5.41) is 6.78. The Labute approximate surface area is 146 Å². The van der Waals surface area contributed by atoms with Gasteiger partial charge in [0.15, 0.2) is 5.96 Å². The molecule has 2 rings (SSSR count). The van der Waals surface area contributed by atoms with E-state index in [1.165, 1.54) is 58.4 Å². The normalized spacial score (nSPS) is 21.0. The highest BCUT2D eigenvalue weighted by atomic mass is 127. The van der Waals surface area contributed by atoms with Crippen molar-refractivity contribution in [3.63, 3.8) is 0 Å². The lowest BCUT2D eigenvalue weighted by Gasteiger charge is -2.32. The van der Waals surface area contributed by atoms with Crippen molar-refractivity contribution in [1.29, 1.82) is 0 Å². The first kappa shape index (κ1) is 19.0. The van der Waals surface area contributed by atoms with Crippen LogP contribution in [0.1, 0.15) is 32.6 Å². The average molecular weight is 409 g/mol. The first-order valence-electron chi connectivity index (χ1n) is 8.23. The summed E-state index contributed by atoms with van der Waals surface area (Å²) in [4.78, 5) is 9.65. The summed E-state index contributed by atoms with van der Waals surface area (Å²) >= 11 is 0. The van der Waals surface area contributed by atoms with Crippen LogP contribution in [0, 0.1) is 0 Å². The minimum absolute atomic E-state index is 0. The second kappa shape index (κ2) is 10.6. The molecule has 0 spiro atoms. The van der Waals surface area contributed by atoms with Gasteiger partial charge in [-0.3, -0.25) is 4.99 Å². The van der Waals surface area contributed by atoms with Gasteiger partial charge in [0, 0.05) is 45.3 Å². The highest BCUT2D eigenvalue weighted by molar-refractivity contribution is 14.0. The number of aliphatic imine (C=N–C) groups is 1. The van der Waals surface area contributed by atoms with Crippen LogP contribution in [-0.4, -0.2) is 74.7 Å². The second-order valence-corrected chi connectivity index (χ2v) is 6.03. The number of unbranched alkanes of at least 4 members (excludes halogenated alkanes) is 1. The standard InChI is InChI=1S/C15H31N5.HI/c1-3-16-15(18-14-6-7-14)17-8-4-5-9-20-12-10-19(2)11-13-20;/h14H,3-13H2,1-2H3,(H2,16,17,18);1H. The molecule has 5 nitrogen and oxygen atoms in total. The van der Waals surface area contributed by atoms with E-state index >= 15 is 0 Å². The summed E-state index contributed by atoms with van der Waals surface area (Å²) < 4.78 is 0. The van der Waals surface area contributed by atoms with E-state index in [1.807, 2.05) is 0 Å². The number of nitrogens with one attached hydrogen (secondary N) is 2. The molecular weight excluding hydrogens is 377 g/mol. The molecular formula is C15H32IN5. The van der Waals surface area contributed by atoms with Crippen molar-refractivity contribution in [3.8, 4) is 0 Å². The number of nitrogens with zero attached hydrogens (tertiary/aromatic N) is 3. The predicted molar refractivity (Wildman–Crippen MR) is 101 cm³/mol. The van der Waals surface area contributed by atoms with Crippen LogP contribution < -0.4 is 10.6 Å². The van der Waals surface area contributed by atoms with E-state index < -0.39 is 0 Å². The number of rotatable bonds is 7. The number of guanidine groups is 1. The minimum atomic E-state index is 0. The molecule has 0 radical (unpaired) electrons. The zero-order chi connectivity index (χ0) is 14.2. The molecule has 0 aromatic carbocycles. The van der Waals surface area contributed by atoms with Crippen molar-refractivity contribution >= 4 is 29.9 Å². The molecule has 0 amide bonds. The fraction of sp³-hybridized carbons (Fsp3) is 0.933. The van der Waals surface area contributed by atoms with Crippen LogP contribution in [0.3, 0.4) is 0 Å². The molecule has 1 aliphatic carbocycles. The molecule has 21 heavy (non-hydrogen) atoms. The summed E-state index contributed by atoms with van der Waals surface area (Å²) in [7, 11) is 2.21. The van der Waals surface area contributed by atoms with Gasteiger partial charge in [0.25, 0.3) is 0 Å². The van der Waals surface area contributed by atoms with Crippen LogP contribution in [0.5, 0.6) is 0 Å². The maximum atomic E-state index is 4.66. The number of likely N-dealkylation sites (N-methyl/N-ethyl adjacent to an activating group) is 1. The molecule has 0 aromatic heterocycles. The van der Waals surface area contributed by atoms with E-state index in [2.05, 4.69) is 39.4 Å².